The van der Waals surface area contributed by atoms with Gasteiger partial charge in [-0.05, 0) is 24.0 Å². The van der Waals surface area contributed by atoms with Crippen LogP contribution in [0.1, 0.15) is 25.8 Å². The lowest BCUT2D eigenvalue weighted by Gasteiger charge is -2.21. The van der Waals surface area contributed by atoms with Crippen LogP contribution in [0, 0.1) is 5.92 Å². The molecule has 1 saturated heterocycles. The summed E-state index contributed by atoms with van der Waals surface area (Å²) in [4.78, 5) is 13.2. The van der Waals surface area contributed by atoms with Crippen LogP contribution in [0.5, 0.6) is 5.75 Å². The second-order valence-corrected chi connectivity index (χ2v) is 6.03. The maximum atomic E-state index is 9.49. The fraction of sp³-hybridized carbons (Fsp3) is 0.588. The van der Waals surface area contributed by atoms with E-state index in [9.17, 15) is 5.11 Å². The fourth-order valence-corrected chi connectivity index (χ4v) is 2.21. The molecule has 0 bridgehead atoms. The molecule has 0 aromatic heterocycles. The summed E-state index contributed by atoms with van der Waals surface area (Å²) >= 11 is 0. The number of ether oxygens (including phenoxy) is 1. The van der Waals surface area contributed by atoms with Gasteiger partial charge in [-0.2, -0.15) is 5.48 Å². The van der Waals surface area contributed by atoms with Crippen LogP contribution in [0.4, 0.5) is 5.69 Å². The molecule has 0 radical (unpaired) electrons. The highest BCUT2D eigenvalue weighted by atomic mass is 16.6. The van der Waals surface area contributed by atoms with Crippen molar-refractivity contribution in [3.8, 4) is 5.75 Å². The number of rotatable bonds is 4. The van der Waals surface area contributed by atoms with Crippen LogP contribution < -0.4 is 5.48 Å². The van der Waals surface area contributed by atoms with Crippen molar-refractivity contribution in [2.45, 2.75) is 38.9 Å². The van der Waals surface area contributed by atoms with E-state index in [1.54, 1.807) is 18.7 Å². The summed E-state index contributed by atoms with van der Waals surface area (Å²) in [6.45, 7) is 4.84. The largest absolute Gasteiger partial charge is 0.503 e. The van der Waals surface area contributed by atoms with Crippen LogP contribution in [0.3, 0.4) is 0 Å². The molecule has 1 aliphatic heterocycles. The summed E-state index contributed by atoms with van der Waals surface area (Å²) in [5.74, 6) is 0.884. The van der Waals surface area contributed by atoms with Gasteiger partial charge in [0.2, 0.25) is 5.69 Å². The second-order valence-electron chi connectivity index (χ2n) is 6.03. The first kappa shape index (κ1) is 23.3. The van der Waals surface area contributed by atoms with Gasteiger partial charge in [0.25, 0.3) is 6.47 Å². The van der Waals surface area contributed by atoms with Crippen molar-refractivity contribution >= 4 is 12.2 Å². The lowest BCUT2D eigenvalue weighted by atomic mass is 10.0. The number of aromatic hydroxyl groups is 1. The highest BCUT2D eigenvalue weighted by molar-refractivity contribution is 5.46. The van der Waals surface area contributed by atoms with E-state index in [0.29, 0.717) is 25.6 Å². The average molecular weight is 360 g/mol. The zero-order chi connectivity index (χ0) is 19.2. The van der Waals surface area contributed by atoms with Crippen molar-refractivity contribution in [3.63, 3.8) is 0 Å². The summed E-state index contributed by atoms with van der Waals surface area (Å²) in [6.07, 6.45) is 0.558. The van der Waals surface area contributed by atoms with Crippen molar-refractivity contribution in [2.75, 3.05) is 20.3 Å². The molecule has 0 saturated carbocycles. The number of hydrogen-bond acceptors (Lipinski definition) is 6. The Morgan fingerprint density at radius 3 is 2.28 bits per heavy atom. The maximum Gasteiger partial charge on any atom is 0.290 e. The smallest absolute Gasteiger partial charge is 0.290 e. The molecular weight excluding hydrogens is 330 g/mol. The number of quaternary nitrogens is 1. The minimum Gasteiger partial charge on any atom is -0.503 e. The van der Waals surface area contributed by atoms with Gasteiger partial charge < -0.3 is 25.2 Å². The maximum absolute atomic E-state index is 9.49. The Labute approximate surface area is 148 Å². The normalized spacial score (nSPS) is 19.3. The number of phenols is 1. The third-order valence-corrected chi connectivity index (χ3v) is 3.15. The molecule has 2 atom stereocenters. The van der Waals surface area contributed by atoms with Crippen molar-refractivity contribution in [3.05, 3.63) is 23.8 Å². The number of aliphatic hydroxyl groups excluding tert-OH is 2. The predicted octanol–water partition coefficient (Wildman–Crippen LogP) is 0.176. The number of nitrogens with two attached hydrogens (primary N) is 1. The number of phenolic OH excluding ortho intramolecular Hbond substituents is 1. The molecule has 0 aliphatic carbocycles. The first-order chi connectivity index (χ1) is 11.8. The van der Waals surface area contributed by atoms with E-state index in [-0.39, 0.29) is 12.2 Å². The van der Waals surface area contributed by atoms with E-state index in [4.69, 9.17) is 29.7 Å². The molecule has 1 aromatic rings. The molecule has 144 valence electrons. The SMILES string of the molecule is CO[NH2+]c1cc(CC(C)C)ccc1O.O=CO.OC1COCC(O)C1. The van der Waals surface area contributed by atoms with Crippen molar-refractivity contribution in [1.82, 2.24) is 0 Å². The summed E-state index contributed by atoms with van der Waals surface area (Å²) in [7, 11) is 1.58. The van der Waals surface area contributed by atoms with Gasteiger partial charge in [0, 0.05) is 12.5 Å². The Morgan fingerprint density at radius 1 is 1.32 bits per heavy atom. The van der Waals surface area contributed by atoms with Gasteiger partial charge in [-0.3, -0.25) is 4.79 Å². The first-order valence-corrected chi connectivity index (χ1v) is 8.03. The zero-order valence-electron chi connectivity index (χ0n) is 15.0. The number of hydrogen-bond donors (Lipinski definition) is 5. The van der Waals surface area contributed by atoms with Gasteiger partial charge in [-0.1, -0.05) is 19.9 Å². The average Bonchev–Trinajstić information content (AvgIpc) is 2.51. The molecule has 6 N–H and O–H groups in total. The summed E-state index contributed by atoms with van der Waals surface area (Å²) in [5.41, 5.74) is 3.52. The summed E-state index contributed by atoms with van der Waals surface area (Å²) in [6, 6.07) is 5.61. The molecule has 0 amide bonds. The summed E-state index contributed by atoms with van der Waals surface area (Å²) < 4.78 is 4.79. The molecule has 1 aromatic carbocycles. The van der Waals surface area contributed by atoms with Crippen molar-refractivity contribution in [1.29, 1.82) is 0 Å². The zero-order valence-corrected chi connectivity index (χ0v) is 15.0. The minimum absolute atomic E-state index is 0.250. The van der Waals surface area contributed by atoms with Gasteiger partial charge in [0.15, 0.2) is 5.75 Å². The van der Waals surface area contributed by atoms with Gasteiger partial charge in [0.1, 0.15) is 0 Å². The first-order valence-electron chi connectivity index (χ1n) is 8.03. The molecule has 8 heteroatoms. The topological polar surface area (TPSA) is 133 Å². The fourth-order valence-electron chi connectivity index (χ4n) is 2.21. The molecule has 25 heavy (non-hydrogen) atoms. The third-order valence-electron chi connectivity index (χ3n) is 3.15. The quantitative estimate of drug-likeness (QED) is 0.224. The molecule has 1 aliphatic rings. The number of aliphatic hydroxyl groups is 2. The molecule has 1 fully saturated rings. The van der Waals surface area contributed by atoms with Crippen LogP contribution in [0.25, 0.3) is 0 Å². The second kappa shape index (κ2) is 13.6. The molecule has 0 spiro atoms. The Hall–Kier alpha value is -1.71. The lowest BCUT2D eigenvalue weighted by molar-refractivity contribution is -0.830. The van der Waals surface area contributed by atoms with Crippen LogP contribution in [-0.4, -0.2) is 59.4 Å². The van der Waals surface area contributed by atoms with E-state index in [0.717, 1.165) is 12.1 Å². The molecule has 2 rings (SSSR count). The monoisotopic (exact) mass is 360 g/mol. The van der Waals surface area contributed by atoms with E-state index in [2.05, 4.69) is 13.8 Å². The van der Waals surface area contributed by atoms with Gasteiger partial charge >= 0.3 is 0 Å². The van der Waals surface area contributed by atoms with Gasteiger partial charge in [0.05, 0.1) is 32.5 Å². The van der Waals surface area contributed by atoms with Crippen LogP contribution in [0.15, 0.2) is 18.2 Å². The minimum atomic E-state index is -0.459. The van der Waals surface area contributed by atoms with E-state index < -0.39 is 12.2 Å². The molecule has 2 unspecified atom stereocenters. The summed E-state index contributed by atoms with van der Waals surface area (Å²) in [5, 5.41) is 34.0. The predicted molar refractivity (Wildman–Crippen MR) is 91.4 cm³/mol. The Morgan fingerprint density at radius 2 is 1.88 bits per heavy atom. The number of carboxylic acid groups (broad SMARTS) is 1. The lowest BCUT2D eigenvalue weighted by Crippen LogP contribution is -2.75. The van der Waals surface area contributed by atoms with E-state index in [1.807, 2.05) is 12.1 Å². The Balaban J connectivity index is 0.000000440. The third kappa shape index (κ3) is 11.5. The Bertz CT molecular complexity index is 474. The van der Waals surface area contributed by atoms with Crippen molar-refractivity contribution < 1.29 is 40.3 Å². The van der Waals surface area contributed by atoms with Crippen LogP contribution in [-0.2, 0) is 20.8 Å². The van der Waals surface area contributed by atoms with Gasteiger partial charge in [-0.15, -0.1) is 0 Å². The van der Waals surface area contributed by atoms with Gasteiger partial charge in [-0.25, -0.2) is 4.84 Å². The number of benzene rings is 1. The molecule has 1 heterocycles. The highest BCUT2D eigenvalue weighted by Crippen LogP contribution is 2.21. The standard InChI is InChI=1S/C11H17NO2.C5H10O3.CH2O2/c1-8(2)6-9-4-5-11(13)10(7-9)12-14-3;6-4-1-5(7)3-8-2-4;2-1-3/h4-5,7-8,12-13H,6H2,1-3H3;4-7H,1-3H2;1H,(H,2,3)/p+1. The van der Waals surface area contributed by atoms with Crippen LogP contribution in [0.2, 0.25) is 0 Å². The Kier molecular flexibility index (Phi) is 12.6. The van der Waals surface area contributed by atoms with E-state index in [1.165, 1.54) is 5.56 Å². The highest BCUT2D eigenvalue weighted by Gasteiger charge is 2.17. The number of carbonyl (C=O) groups is 1. The van der Waals surface area contributed by atoms with Crippen molar-refractivity contribution in [2.24, 2.45) is 5.92 Å². The molecule has 8 nitrogen and oxygen atoms in total. The van der Waals surface area contributed by atoms with Crippen LogP contribution >= 0.6 is 0 Å². The molecular formula is C17H30NO7+. The van der Waals surface area contributed by atoms with E-state index >= 15 is 0 Å².